The van der Waals surface area contributed by atoms with E-state index in [1.807, 2.05) is 13.8 Å². The molecule has 0 unspecified atom stereocenters. The predicted molar refractivity (Wildman–Crippen MR) is 140 cm³/mol. The van der Waals surface area contributed by atoms with Crippen molar-refractivity contribution in [2.24, 2.45) is 0 Å². The molecule has 4 rings (SSSR count). The highest BCUT2D eigenvalue weighted by Gasteiger charge is 2.38. The minimum atomic E-state index is -0.377. The molecule has 0 amide bonds. The Balaban J connectivity index is 0.00000141. The highest BCUT2D eigenvalue weighted by molar-refractivity contribution is 5.60. The van der Waals surface area contributed by atoms with Crippen molar-refractivity contribution in [2.45, 2.75) is 52.4 Å². The van der Waals surface area contributed by atoms with E-state index in [2.05, 4.69) is 137 Å². The molecule has 0 heteroatoms. The molecule has 4 aromatic carbocycles. The number of hydrogen-bond donors (Lipinski definition) is 0. The smallest absolute Gasteiger partial charge is 0.0683 e. The van der Waals surface area contributed by atoms with Gasteiger partial charge in [-0.2, -0.15) is 0 Å². The summed E-state index contributed by atoms with van der Waals surface area (Å²) in [5.41, 5.74) is 7.60. The van der Waals surface area contributed by atoms with Gasteiger partial charge < -0.3 is 0 Å². The molecule has 0 bridgehead atoms. The first-order valence-electron chi connectivity index (χ1n) is 11.7. The maximum Gasteiger partial charge on any atom is 0.0701 e. The molecule has 0 nitrogen and oxygen atoms in total. The molecule has 0 heterocycles. The third-order valence-corrected chi connectivity index (χ3v) is 6.10. The normalized spacial score (nSPS) is 11.4. The summed E-state index contributed by atoms with van der Waals surface area (Å²) >= 11 is 0. The SMILES string of the molecule is CC.Cc1ccc(C(c2ccccc2)(c2ccccc2)c2ccccc2)cc1C(C)(C)C. The fraction of sp³-hybridized carbons (Fsp3) is 0.250. The summed E-state index contributed by atoms with van der Waals surface area (Å²) in [6.45, 7) is 13.1. The van der Waals surface area contributed by atoms with Gasteiger partial charge in [-0.3, -0.25) is 0 Å². The van der Waals surface area contributed by atoms with Crippen molar-refractivity contribution < 1.29 is 0 Å². The minimum absolute atomic E-state index is 0.0793. The van der Waals surface area contributed by atoms with Crippen molar-refractivity contribution in [3.63, 3.8) is 0 Å². The van der Waals surface area contributed by atoms with Crippen molar-refractivity contribution in [1.82, 2.24) is 0 Å². The van der Waals surface area contributed by atoms with Crippen molar-refractivity contribution in [1.29, 1.82) is 0 Å². The summed E-state index contributed by atoms with van der Waals surface area (Å²) in [5, 5.41) is 0. The summed E-state index contributed by atoms with van der Waals surface area (Å²) < 4.78 is 0. The van der Waals surface area contributed by atoms with Crippen LogP contribution in [0.4, 0.5) is 0 Å². The first-order chi connectivity index (χ1) is 15.4. The Bertz CT molecular complexity index is 1000. The van der Waals surface area contributed by atoms with Gasteiger partial charge in [0.15, 0.2) is 0 Å². The number of hydrogen-bond acceptors (Lipinski definition) is 0. The summed E-state index contributed by atoms with van der Waals surface area (Å²) in [5.74, 6) is 0. The van der Waals surface area contributed by atoms with Gasteiger partial charge in [-0.05, 0) is 45.7 Å². The zero-order valence-corrected chi connectivity index (χ0v) is 20.4. The summed E-state index contributed by atoms with van der Waals surface area (Å²) in [7, 11) is 0. The topological polar surface area (TPSA) is 0 Å². The van der Waals surface area contributed by atoms with Crippen molar-refractivity contribution in [3.8, 4) is 0 Å². The molecule has 164 valence electrons. The fourth-order valence-corrected chi connectivity index (χ4v) is 4.73. The Morgan fingerprint density at radius 1 is 0.469 bits per heavy atom. The second-order valence-electron chi connectivity index (χ2n) is 9.13. The van der Waals surface area contributed by atoms with Gasteiger partial charge in [0.2, 0.25) is 0 Å². The third kappa shape index (κ3) is 4.41. The molecule has 0 spiro atoms. The van der Waals surface area contributed by atoms with Crippen LogP contribution in [0.15, 0.2) is 109 Å². The Morgan fingerprint density at radius 2 is 0.844 bits per heavy atom. The molecule has 0 N–H and O–H groups in total. The molecule has 0 atom stereocenters. The second-order valence-corrected chi connectivity index (χ2v) is 9.13. The molecule has 0 aromatic heterocycles. The standard InChI is InChI=1S/C30H30.C2H6/c1-23-20-21-27(22-28(23)29(2,3)4)30(24-14-8-5-9-15-24,25-16-10-6-11-17-25)26-18-12-7-13-19-26;1-2/h5-22H,1-4H3;1-2H3. The highest BCUT2D eigenvalue weighted by atomic mass is 14.4. The fourth-order valence-electron chi connectivity index (χ4n) is 4.73. The van der Waals surface area contributed by atoms with Crippen LogP contribution in [0.2, 0.25) is 0 Å². The lowest BCUT2D eigenvalue weighted by Gasteiger charge is -2.38. The molecule has 0 aliphatic heterocycles. The zero-order valence-electron chi connectivity index (χ0n) is 20.4. The zero-order chi connectivity index (χ0) is 23.2. The van der Waals surface area contributed by atoms with Crippen LogP contribution in [0.5, 0.6) is 0 Å². The maximum absolute atomic E-state index is 2.43. The van der Waals surface area contributed by atoms with E-state index in [4.69, 9.17) is 0 Å². The quantitative estimate of drug-likeness (QED) is 0.290. The molecule has 0 aliphatic rings. The van der Waals surface area contributed by atoms with Gasteiger partial charge in [-0.25, -0.2) is 0 Å². The summed E-state index contributed by atoms with van der Waals surface area (Å²) in [6, 6.07) is 39.8. The highest BCUT2D eigenvalue weighted by Crippen LogP contribution is 2.46. The molecule has 32 heavy (non-hydrogen) atoms. The average Bonchev–Trinajstić information content (AvgIpc) is 2.83. The van der Waals surface area contributed by atoms with Crippen molar-refractivity contribution in [3.05, 3.63) is 143 Å². The lowest BCUT2D eigenvalue weighted by Crippen LogP contribution is -2.31. The van der Waals surface area contributed by atoms with E-state index in [1.54, 1.807) is 0 Å². The largest absolute Gasteiger partial charge is 0.0701 e. The predicted octanol–water partition coefficient (Wildman–Crippen LogP) is 8.70. The molecule has 0 aliphatic carbocycles. The van der Waals surface area contributed by atoms with E-state index in [0.29, 0.717) is 0 Å². The van der Waals surface area contributed by atoms with Gasteiger partial charge in [0.25, 0.3) is 0 Å². The molecule has 0 saturated carbocycles. The van der Waals surface area contributed by atoms with Crippen LogP contribution >= 0.6 is 0 Å². The van der Waals surface area contributed by atoms with Gasteiger partial charge in [0, 0.05) is 0 Å². The first kappa shape index (κ1) is 23.5. The molecular weight excluding hydrogens is 384 g/mol. The number of rotatable bonds is 4. The van der Waals surface area contributed by atoms with E-state index in [-0.39, 0.29) is 10.8 Å². The van der Waals surface area contributed by atoms with E-state index >= 15 is 0 Å². The van der Waals surface area contributed by atoms with E-state index < -0.39 is 0 Å². The molecule has 0 radical (unpaired) electrons. The number of benzene rings is 4. The molecule has 4 aromatic rings. The maximum atomic E-state index is 2.43. The Kier molecular flexibility index (Phi) is 7.36. The van der Waals surface area contributed by atoms with E-state index in [0.717, 1.165) is 0 Å². The van der Waals surface area contributed by atoms with Crippen LogP contribution in [0.1, 0.15) is 68.0 Å². The van der Waals surface area contributed by atoms with Gasteiger partial charge in [-0.1, -0.05) is 144 Å². The van der Waals surface area contributed by atoms with Crippen LogP contribution in [0.3, 0.4) is 0 Å². The average molecular weight is 421 g/mol. The van der Waals surface area contributed by atoms with Gasteiger partial charge in [0.05, 0.1) is 5.41 Å². The van der Waals surface area contributed by atoms with Gasteiger partial charge >= 0.3 is 0 Å². The Morgan fingerprint density at radius 3 is 1.19 bits per heavy atom. The summed E-state index contributed by atoms with van der Waals surface area (Å²) in [4.78, 5) is 0. The lowest BCUT2D eigenvalue weighted by atomic mass is 9.64. The van der Waals surface area contributed by atoms with Crippen LogP contribution in [-0.4, -0.2) is 0 Å². The van der Waals surface area contributed by atoms with Crippen molar-refractivity contribution in [2.75, 3.05) is 0 Å². The lowest BCUT2D eigenvalue weighted by molar-refractivity contribution is 0.583. The van der Waals surface area contributed by atoms with Crippen LogP contribution in [0.25, 0.3) is 0 Å². The van der Waals surface area contributed by atoms with E-state index in [9.17, 15) is 0 Å². The third-order valence-electron chi connectivity index (χ3n) is 6.10. The minimum Gasteiger partial charge on any atom is -0.0683 e. The number of aryl methyl sites for hydroxylation is 1. The van der Waals surface area contributed by atoms with E-state index in [1.165, 1.54) is 33.4 Å². The second kappa shape index (κ2) is 10.0. The molecular formula is C32H36. The van der Waals surface area contributed by atoms with Crippen LogP contribution in [-0.2, 0) is 10.8 Å². The van der Waals surface area contributed by atoms with Gasteiger partial charge in [-0.15, -0.1) is 0 Å². The van der Waals surface area contributed by atoms with Crippen LogP contribution in [0, 0.1) is 6.92 Å². The monoisotopic (exact) mass is 420 g/mol. The Hall–Kier alpha value is -3.12. The van der Waals surface area contributed by atoms with Gasteiger partial charge in [0.1, 0.15) is 0 Å². The Labute approximate surface area is 195 Å². The molecule has 0 fully saturated rings. The summed E-state index contributed by atoms with van der Waals surface area (Å²) in [6.07, 6.45) is 0. The van der Waals surface area contributed by atoms with Crippen LogP contribution < -0.4 is 0 Å². The molecule has 0 saturated heterocycles. The first-order valence-corrected chi connectivity index (χ1v) is 11.7. The van der Waals surface area contributed by atoms with Crippen molar-refractivity contribution >= 4 is 0 Å².